The van der Waals surface area contributed by atoms with Gasteiger partial charge in [0.15, 0.2) is 0 Å². The van der Waals surface area contributed by atoms with Gasteiger partial charge in [-0.15, -0.1) is 0 Å². The first-order chi connectivity index (χ1) is 8.78. The zero-order chi connectivity index (χ0) is 12.8. The van der Waals surface area contributed by atoms with Crippen LogP contribution in [0.15, 0.2) is 18.2 Å². The van der Waals surface area contributed by atoms with Gasteiger partial charge in [0.2, 0.25) is 0 Å². The second-order valence-electron chi connectivity index (χ2n) is 4.70. The summed E-state index contributed by atoms with van der Waals surface area (Å²) in [5, 5.41) is 13.1. The molecule has 2 rings (SSSR count). The van der Waals surface area contributed by atoms with Gasteiger partial charge in [0, 0.05) is 25.7 Å². The predicted octanol–water partition coefficient (Wildman–Crippen LogP) is 1.28. The van der Waals surface area contributed by atoms with E-state index in [9.17, 15) is 0 Å². The molecule has 0 spiro atoms. The molecule has 0 aromatic carbocycles. The molecule has 100 valence electrons. The molecule has 1 aromatic rings. The van der Waals surface area contributed by atoms with Crippen molar-refractivity contribution in [2.75, 3.05) is 26.2 Å². The van der Waals surface area contributed by atoms with Gasteiger partial charge in [-0.3, -0.25) is 4.90 Å². The minimum atomic E-state index is 0.174. The van der Waals surface area contributed by atoms with Crippen molar-refractivity contribution in [1.82, 2.24) is 15.2 Å². The van der Waals surface area contributed by atoms with E-state index < -0.39 is 0 Å². The number of aliphatic hydroxyl groups excluding tert-OH is 1. The second kappa shape index (κ2) is 7.04. The molecular formula is C13H20ClN3O. The molecule has 1 aliphatic heterocycles. The smallest absolute Gasteiger partial charge is 0.129 e. The van der Waals surface area contributed by atoms with Crippen LogP contribution in [-0.4, -0.2) is 47.3 Å². The maximum absolute atomic E-state index is 9.13. The summed E-state index contributed by atoms with van der Waals surface area (Å²) >= 11 is 5.88. The average molecular weight is 270 g/mol. The summed E-state index contributed by atoms with van der Waals surface area (Å²) in [4.78, 5) is 6.52. The highest BCUT2D eigenvalue weighted by Crippen LogP contribution is 2.11. The molecule has 1 aliphatic rings. The van der Waals surface area contributed by atoms with Gasteiger partial charge < -0.3 is 10.4 Å². The Bertz CT molecular complexity index is 369. The number of hydrogen-bond acceptors (Lipinski definition) is 4. The van der Waals surface area contributed by atoms with E-state index in [4.69, 9.17) is 16.7 Å². The molecule has 1 saturated heterocycles. The van der Waals surface area contributed by atoms with Gasteiger partial charge in [0.05, 0.1) is 12.3 Å². The lowest BCUT2D eigenvalue weighted by molar-refractivity contribution is 0.177. The Morgan fingerprint density at radius 3 is 3.06 bits per heavy atom. The molecule has 1 fully saturated rings. The Hall–Kier alpha value is -0.680. The molecule has 18 heavy (non-hydrogen) atoms. The van der Waals surface area contributed by atoms with E-state index in [1.807, 2.05) is 12.1 Å². The van der Waals surface area contributed by atoms with Gasteiger partial charge in [-0.2, -0.15) is 0 Å². The molecule has 0 radical (unpaired) electrons. The quantitative estimate of drug-likeness (QED) is 0.764. The summed E-state index contributed by atoms with van der Waals surface area (Å²) in [6.07, 6.45) is 2.46. The van der Waals surface area contributed by atoms with E-state index in [1.54, 1.807) is 6.07 Å². The van der Waals surface area contributed by atoms with Gasteiger partial charge in [-0.1, -0.05) is 17.7 Å². The topological polar surface area (TPSA) is 48.4 Å². The van der Waals surface area contributed by atoms with Crippen LogP contribution in [0.25, 0.3) is 0 Å². The van der Waals surface area contributed by atoms with Crippen molar-refractivity contribution < 1.29 is 5.11 Å². The Balaban J connectivity index is 1.92. The van der Waals surface area contributed by atoms with Crippen LogP contribution in [0.2, 0.25) is 5.15 Å². The lowest BCUT2D eigenvalue weighted by Crippen LogP contribution is -2.38. The van der Waals surface area contributed by atoms with E-state index >= 15 is 0 Å². The third-order valence-corrected chi connectivity index (χ3v) is 3.43. The summed E-state index contributed by atoms with van der Waals surface area (Å²) in [6, 6.07) is 6.20. The molecule has 0 aliphatic carbocycles. The number of aromatic nitrogens is 1. The fraction of sp³-hybridized carbons (Fsp3) is 0.615. The van der Waals surface area contributed by atoms with Gasteiger partial charge >= 0.3 is 0 Å². The number of nitrogens with zero attached hydrogens (tertiary/aromatic N) is 2. The lowest BCUT2D eigenvalue weighted by atomic mass is 10.2. The molecule has 0 amide bonds. The van der Waals surface area contributed by atoms with Gasteiger partial charge in [0.25, 0.3) is 0 Å². The van der Waals surface area contributed by atoms with E-state index in [1.165, 1.54) is 12.8 Å². The molecule has 4 nitrogen and oxygen atoms in total. The third-order valence-electron chi connectivity index (χ3n) is 3.22. The largest absolute Gasteiger partial charge is 0.395 e. The molecule has 2 heterocycles. The van der Waals surface area contributed by atoms with Crippen molar-refractivity contribution >= 4 is 11.6 Å². The number of rotatable bonds is 6. The monoisotopic (exact) mass is 269 g/mol. The van der Waals surface area contributed by atoms with Crippen molar-refractivity contribution in [2.45, 2.75) is 25.4 Å². The van der Waals surface area contributed by atoms with Crippen LogP contribution < -0.4 is 5.32 Å². The Morgan fingerprint density at radius 2 is 2.39 bits per heavy atom. The summed E-state index contributed by atoms with van der Waals surface area (Å²) in [6.45, 7) is 3.64. The number of hydrogen-bond donors (Lipinski definition) is 2. The molecule has 2 N–H and O–H groups in total. The lowest BCUT2D eigenvalue weighted by Gasteiger charge is -2.24. The summed E-state index contributed by atoms with van der Waals surface area (Å²) in [5.74, 6) is 0. The number of pyridine rings is 1. The summed E-state index contributed by atoms with van der Waals surface area (Å²) in [7, 11) is 0. The molecule has 0 bridgehead atoms. The predicted molar refractivity (Wildman–Crippen MR) is 72.6 cm³/mol. The molecule has 5 heteroatoms. The second-order valence-corrected chi connectivity index (χ2v) is 5.09. The fourth-order valence-corrected chi connectivity index (χ4v) is 2.55. The van der Waals surface area contributed by atoms with Crippen LogP contribution in [0.5, 0.6) is 0 Å². The van der Waals surface area contributed by atoms with E-state index in [0.717, 1.165) is 25.3 Å². The first kappa shape index (κ1) is 13.7. The normalized spacial score (nSPS) is 19.6. The third kappa shape index (κ3) is 4.21. The fourth-order valence-electron chi connectivity index (χ4n) is 2.37. The van der Waals surface area contributed by atoms with Crippen LogP contribution in [0.1, 0.15) is 18.5 Å². The van der Waals surface area contributed by atoms with Crippen LogP contribution in [0.3, 0.4) is 0 Å². The van der Waals surface area contributed by atoms with Gasteiger partial charge in [0.1, 0.15) is 5.15 Å². The SMILES string of the molecule is OCCN(Cc1cccc(Cl)n1)CC1CCCN1. The molecule has 1 unspecified atom stereocenters. The van der Waals surface area contributed by atoms with E-state index in [-0.39, 0.29) is 6.61 Å². The van der Waals surface area contributed by atoms with Gasteiger partial charge in [-0.25, -0.2) is 4.98 Å². The number of nitrogens with one attached hydrogen (secondary N) is 1. The molecule has 0 saturated carbocycles. The van der Waals surface area contributed by atoms with Crippen LogP contribution in [-0.2, 0) is 6.54 Å². The van der Waals surface area contributed by atoms with Crippen molar-refractivity contribution in [3.63, 3.8) is 0 Å². The number of halogens is 1. The van der Waals surface area contributed by atoms with Gasteiger partial charge in [-0.05, 0) is 31.5 Å². The maximum Gasteiger partial charge on any atom is 0.129 e. The molecular weight excluding hydrogens is 250 g/mol. The average Bonchev–Trinajstić information content (AvgIpc) is 2.82. The summed E-state index contributed by atoms with van der Waals surface area (Å²) in [5.41, 5.74) is 0.953. The number of aliphatic hydroxyl groups is 1. The zero-order valence-electron chi connectivity index (χ0n) is 10.5. The molecule has 1 atom stereocenters. The van der Waals surface area contributed by atoms with Crippen molar-refractivity contribution in [2.24, 2.45) is 0 Å². The zero-order valence-corrected chi connectivity index (χ0v) is 11.2. The minimum absolute atomic E-state index is 0.174. The Labute approximate surface area is 113 Å². The van der Waals surface area contributed by atoms with Crippen molar-refractivity contribution in [1.29, 1.82) is 0 Å². The minimum Gasteiger partial charge on any atom is -0.395 e. The highest BCUT2D eigenvalue weighted by atomic mass is 35.5. The van der Waals surface area contributed by atoms with Crippen molar-refractivity contribution in [3.05, 3.63) is 29.0 Å². The first-order valence-corrected chi connectivity index (χ1v) is 6.84. The van der Waals surface area contributed by atoms with Crippen LogP contribution in [0, 0.1) is 0 Å². The molecule has 1 aromatic heterocycles. The van der Waals surface area contributed by atoms with Crippen LogP contribution >= 0.6 is 11.6 Å². The standard InChI is InChI=1S/C13H20ClN3O/c14-13-5-1-3-12(16-13)10-17(7-8-18)9-11-4-2-6-15-11/h1,3,5,11,15,18H,2,4,6-10H2. The summed E-state index contributed by atoms with van der Waals surface area (Å²) < 4.78 is 0. The first-order valence-electron chi connectivity index (χ1n) is 6.46. The highest BCUT2D eigenvalue weighted by molar-refractivity contribution is 6.29. The van der Waals surface area contributed by atoms with Crippen molar-refractivity contribution in [3.8, 4) is 0 Å². The van der Waals surface area contributed by atoms with Crippen LogP contribution in [0.4, 0.5) is 0 Å². The van der Waals surface area contributed by atoms with E-state index in [2.05, 4.69) is 15.2 Å². The Morgan fingerprint density at radius 1 is 1.50 bits per heavy atom. The maximum atomic E-state index is 9.13. The Kier molecular flexibility index (Phi) is 5.38. The van der Waals surface area contributed by atoms with E-state index in [0.29, 0.717) is 17.7 Å². The highest BCUT2D eigenvalue weighted by Gasteiger charge is 2.18.